The molecule has 0 aliphatic carbocycles. The van der Waals surface area contributed by atoms with Gasteiger partial charge < -0.3 is 9.72 Å². The second kappa shape index (κ2) is 8.50. The SMILES string of the molecule is O=S(=O)(c1cc2c(-c3ncc(F)cn3)c(C(F)(F)F)cc(F)c2[nH]1)N1CCOc2ccc(C(F)(F)F)nc21. The average molecular weight is 565 g/mol. The van der Waals surface area contributed by atoms with Crippen molar-refractivity contribution in [1.29, 1.82) is 0 Å². The number of aromatic nitrogens is 4. The molecule has 0 saturated heterocycles. The summed E-state index contributed by atoms with van der Waals surface area (Å²) in [6.45, 7) is -0.802. The van der Waals surface area contributed by atoms with Crippen LogP contribution in [0.3, 0.4) is 0 Å². The molecule has 0 radical (unpaired) electrons. The van der Waals surface area contributed by atoms with E-state index in [0.717, 1.165) is 6.07 Å². The number of pyridine rings is 1. The Morgan fingerprint density at radius 1 is 0.974 bits per heavy atom. The van der Waals surface area contributed by atoms with Gasteiger partial charge in [0.15, 0.2) is 28.2 Å². The van der Waals surface area contributed by atoms with Crippen molar-refractivity contribution in [3.05, 3.63) is 59.6 Å². The molecule has 17 heteroatoms. The molecular formula is C21H11F8N5O3S. The summed E-state index contributed by atoms with van der Waals surface area (Å²) >= 11 is 0. The number of halogens is 8. The molecule has 0 saturated carbocycles. The van der Waals surface area contributed by atoms with Crippen LogP contribution in [0, 0.1) is 11.6 Å². The maximum absolute atomic E-state index is 14.8. The number of fused-ring (bicyclic) bond motifs is 2. The first kappa shape index (κ1) is 25.6. The van der Waals surface area contributed by atoms with Crippen molar-refractivity contribution < 1.29 is 48.3 Å². The fourth-order valence-corrected chi connectivity index (χ4v) is 5.27. The number of H-pyrrole nitrogens is 1. The fourth-order valence-electron chi connectivity index (χ4n) is 3.86. The quantitative estimate of drug-likeness (QED) is 0.354. The molecule has 5 rings (SSSR count). The number of benzene rings is 1. The largest absolute Gasteiger partial charge is 0.488 e. The maximum atomic E-state index is 14.8. The lowest BCUT2D eigenvalue weighted by molar-refractivity contribution is -0.141. The van der Waals surface area contributed by atoms with Gasteiger partial charge in [0.05, 0.1) is 30.0 Å². The van der Waals surface area contributed by atoms with Gasteiger partial charge in [0.1, 0.15) is 18.1 Å². The molecule has 0 spiro atoms. The first-order valence-electron chi connectivity index (χ1n) is 10.3. The molecule has 0 fully saturated rings. The topological polar surface area (TPSA) is 101 Å². The average Bonchev–Trinajstić information content (AvgIpc) is 3.30. The lowest BCUT2D eigenvalue weighted by Crippen LogP contribution is -2.39. The Morgan fingerprint density at radius 3 is 2.29 bits per heavy atom. The number of nitrogens with zero attached hydrogens (tertiary/aromatic N) is 4. The Balaban J connectivity index is 1.72. The Hall–Kier alpha value is -4.02. The van der Waals surface area contributed by atoms with E-state index < -0.39 is 84.9 Å². The van der Waals surface area contributed by atoms with E-state index in [1.807, 2.05) is 0 Å². The summed E-state index contributed by atoms with van der Waals surface area (Å²) in [6, 6.07) is 2.21. The highest BCUT2D eigenvalue weighted by Gasteiger charge is 2.40. The minimum Gasteiger partial charge on any atom is -0.488 e. The van der Waals surface area contributed by atoms with Gasteiger partial charge in [-0.1, -0.05) is 0 Å². The Bertz CT molecular complexity index is 1670. The maximum Gasteiger partial charge on any atom is 0.433 e. The number of rotatable bonds is 3. The molecular weight excluding hydrogens is 554 g/mol. The van der Waals surface area contributed by atoms with Crippen LogP contribution >= 0.6 is 0 Å². The molecule has 4 heterocycles. The first-order valence-corrected chi connectivity index (χ1v) is 11.8. The van der Waals surface area contributed by atoms with Gasteiger partial charge in [0.2, 0.25) is 0 Å². The summed E-state index contributed by atoms with van der Waals surface area (Å²) in [5, 5.41) is -1.48. The van der Waals surface area contributed by atoms with Crippen molar-refractivity contribution in [2.45, 2.75) is 17.4 Å². The van der Waals surface area contributed by atoms with Gasteiger partial charge in [-0.25, -0.2) is 28.0 Å². The zero-order valence-electron chi connectivity index (χ0n) is 18.3. The van der Waals surface area contributed by atoms with Crippen LogP contribution in [0.25, 0.3) is 22.3 Å². The summed E-state index contributed by atoms with van der Waals surface area (Å²) in [6.07, 6.45) is -8.95. The lowest BCUT2D eigenvalue weighted by atomic mass is 10.0. The number of sulfonamides is 1. The Morgan fingerprint density at radius 2 is 1.66 bits per heavy atom. The minimum atomic E-state index is -5.15. The number of aromatic amines is 1. The van der Waals surface area contributed by atoms with Gasteiger partial charge in [-0.05, 0) is 24.3 Å². The van der Waals surface area contributed by atoms with Gasteiger partial charge in [-0.15, -0.1) is 0 Å². The zero-order valence-corrected chi connectivity index (χ0v) is 19.1. The molecule has 8 nitrogen and oxygen atoms in total. The van der Waals surface area contributed by atoms with Gasteiger partial charge in [0.25, 0.3) is 10.0 Å². The van der Waals surface area contributed by atoms with E-state index in [9.17, 15) is 43.5 Å². The van der Waals surface area contributed by atoms with Crippen LogP contribution in [-0.2, 0) is 22.4 Å². The number of alkyl halides is 6. The normalized spacial score (nSPS) is 14.5. The minimum absolute atomic E-state index is 0.0957. The highest BCUT2D eigenvalue weighted by atomic mass is 32.2. The second-order valence-electron chi connectivity index (χ2n) is 7.87. The van der Waals surface area contributed by atoms with Crippen LogP contribution in [0.2, 0.25) is 0 Å². The van der Waals surface area contributed by atoms with E-state index in [1.54, 1.807) is 0 Å². The van der Waals surface area contributed by atoms with E-state index in [1.165, 1.54) is 0 Å². The summed E-state index contributed by atoms with van der Waals surface area (Å²) in [5.41, 5.74) is -4.52. The monoisotopic (exact) mass is 565 g/mol. The predicted octanol–water partition coefficient (Wildman–Crippen LogP) is 4.92. The Labute approximate surface area is 207 Å². The van der Waals surface area contributed by atoms with Crippen molar-refractivity contribution in [3.8, 4) is 17.1 Å². The number of hydrogen-bond acceptors (Lipinski definition) is 6. The third-order valence-corrected chi connectivity index (χ3v) is 7.19. The molecule has 1 aliphatic rings. The molecule has 3 aromatic heterocycles. The van der Waals surface area contributed by atoms with E-state index >= 15 is 0 Å². The van der Waals surface area contributed by atoms with Crippen molar-refractivity contribution >= 4 is 26.7 Å². The highest BCUT2D eigenvalue weighted by Crippen LogP contribution is 2.43. The Kier molecular flexibility index (Phi) is 5.73. The molecule has 1 aliphatic heterocycles. The number of ether oxygens (including phenoxy) is 1. The predicted molar refractivity (Wildman–Crippen MR) is 114 cm³/mol. The van der Waals surface area contributed by atoms with E-state index in [2.05, 4.69) is 19.9 Å². The van der Waals surface area contributed by atoms with E-state index in [-0.39, 0.29) is 18.4 Å². The van der Waals surface area contributed by atoms with E-state index in [4.69, 9.17) is 4.74 Å². The van der Waals surface area contributed by atoms with Crippen LogP contribution in [0.5, 0.6) is 5.75 Å². The molecule has 38 heavy (non-hydrogen) atoms. The van der Waals surface area contributed by atoms with Crippen molar-refractivity contribution in [1.82, 2.24) is 19.9 Å². The smallest absolute Gasteiger partial charge is 0.433 e. The summed E-state index contributed by atoms with van der Waals surface area (Å²) in [5.74, 6) is -4.16. The lowest BCUT2D eigenvalue weighted by Gasteiger charge is -2.29. The van der Waals surface area contributed by atoms with Crippen molar-refractivity contribution in [3.63, 3.8) is 0 Å². The highest BCUT2D eigenvalue weighted by molar-refractivity contribution is 7.92. The molecule has 0 amide bonds. The molecule has 200 valence electrons. The second-order valence-corrected chi connectivity index (χ2v) is 9.70. The fraction of sp³-hybridized carbons (Fsp3) is 0.190. The van der Waals surface area contributed by atoms with Crippen LogP contribution in [0.4, 0.5) is 40.9 Å². The number of anilines is 1. The third-order valence-electron chi connectivity index (χ3n) is 5.48. The van der Waals surface area contributed by atoms with Crippen LogP contribution in [0.1, 0.15) is 11.3 Å². The third kappa shape index (κ3) is 4.25. The standard InChI is InChI=1S/C21H11F8N5O3S/c22-9-7-30-18(31-8-9)16-10-5-15(33-17(10)12(23)6-11(16)20(24,25)26)38(35,36)34-3-4-37-13-1-2-14(21(27,28)29)32-19(13)34/h1-2,5-8,33H,3-4H2. The number of nitrogens with one attached hydrogen (secondary N) is 1. The molecule has 0 bridgehead atoms. The van der Waals surface area contributed by atoms with Gasteiger partial charge in [-0.2, -0.15) is 34.8 Å². The summed E-state index contributed by atoms with van der Waals surface area (Å²) in [7, 11) is -4.85. The van der Waals surface area contributed by atoms with Crippen LogP contribution in [0.15, 0.2) is 41.7 Å². The number of hydrogen-bond donors (Lipinski definition) is 1. The molecule has 0 atom stereocenters. The van der Waals surface area contributed by atoms with Gasteiger partial charge >= 0.3 is 12.4 Å². The first-order chi connectivity index (χ1) is 17.7. The zero-order chi connectivity index (χ0) is 27.6. The van der Waals surface area contributed by atoms with Gasteiger partial charge in [0, 0.05) is 10.9 Å². The van der Waals surface area contributed by atoms with Gasteiger partial charge in [-0.3, -0.25) is 0 Å². The molecule has 0 unspecified atom stereocenters. The van der Waals surface area contributed by atoms with Crippen molar-refractivity contribution in [2.75, 3.05) is 17.5 Å². The summed E-state index contributed by atoms with van der Waals surface area (Å²) in [4.78, 5) is 12.6. The molecule has 1 N–H and O–H groups in total. The molecule has 4 aromatic rings. The van der Waals surface area contributed by atoms with Crippen LogP contribution in [-0.4, -0.2) is 41.5 Å². The van der Waals surface area contributed by atoms with Crippen LogP contribution < -0.4 is 9.04 Å². The van der Waals surface area contributed by atoms with E-state index in [0.29, 0.717) is 28.8 Å². The molecule has 1 aromatic carbocycles. The summed E-state index contributed by atoms with van der Waals surface area (Å²) < 4.78 is 142. The van der Waals surface area contributed by atoms with Crippen molar-refractivity contribution in [2.24, 2.45) is 0 Å².